The highest BCUT2D eigenvalue weighted by atomic mass is 16.5. The summed E-state index contributed by atoms with van der Waals surface area (Å²) in [5.41, 5.74) is -0.313. The van der Waals surface area contributed by atoms with Crippen LogP contribution in [0.3, 0.4) is 0 Å². The molecule has 1 aliphatic heterocycles. The van der Waals surface area contributed by atoms with Crippen molar-refractivity contribution in [3.63, 3.8) is 0 Å². The lowest BCUT2D eigenvalue weighted by molar-refractivity contribution is -0.154. The summed E-state index contributed by atoms with van der Waals surface area (Å²) in [5.74, 6) is 1.41. The van der Waals surface area contributed by atoms with Crippen molar-refractivity contribution in [1.82, 2.24) is 15.0 Å². The molecule has 120 valence electrons. The minimum atomic E-state index is -0.196. The van der Waals surface area contributed by atoms with Crippen LogP contribution in [-0.2, 0) is 21.4 Å². The Morgan fingerprint density at radius 1 is 1.38 bits per heavy atom. The zero-order valence-electron chi connectivity index (χ0n) is 14.0. The fraction of sp³-hybridized carbons (Fsp3) is 0.867. The van der Waals surface area contributed by atoms with Crippen LogP contribution in [0, 0.1) is 0 Å². The molecule has 1 saturated heterocycles. The number of nitrogens with zero attached hydrogens (tertiary/aromatic N) is 3. The van der Waals surface area contributed by atoms with Crippen molar-refractivity contribution in [2.45, 2.75) is 58.3 Å². The smallest absolute Gasteiger partial charge is 0.232 e. The molecule has 0 aromatic carbocycles. The Kier molecular flexibility index (Phi) is 4.70. The normalized spacial score (nSPS) is 23.4. The fourth-order valence-corrected chi connectivity index (χ4v) is 2.63. The van der Waals surface area contributed by atoms with Crippen LogP contribution in [0.25, 0.3) is 0 Å². The Morgan fingerprint density at radius 3 is 2.67 bits per heavy atom. The summed E-state index contributed by atoms with van der Waals surface area (Å²) in [6.45, 7) is 13.3. The second-order valence-electron chi connectivity index (χ2n) is 7.39. The molecule has 1 fully saturated rings. The quantitative estimate of drug-likeness (QED) is 0.847. The van der Waals surface area contributed by atoms with E-state index < -0.39 is 0 Å². The van der Waals surface area contributed by atoms with Crippen molar-refractivity contribution < 1.29 is 14.0 Å². The molecule has 1 aliphatic rings. The summed E-state index contributed by atoms with van der Waals surface area (Å²) in [7, 11) is 1.70. The highest BCUT2D eigenvalue weighted by molar-refractivity contribution is 4.99. The molecule has 2 heterocycles. The van der Waals surface area contributed by atoms with Crippen LogP contribution in [0.1, 0.15) is 46.3 Å². The Balaban J connectivity index is 2.02. The van der Waals surface area contributed by atoms with E-state index in [0.717, 1.165) is 18.9 Å². The third-order valence-electron chi connectivity index (χ3n) is 3.38. The van der Waals surface area contributed by atoms with Gasteiger partial charge >= 0.3 is 0 Å². The van der Waals surface area contributed by atoms with Crippen LogP contribution in [0.5, 0.6) is 0 Å². The predicted molar refractivity (Wildman–Crippen MR) is 79.1 cm³/mol. The molecule has 0 amide bonds. The second kappa shape index (κ2) is 6.02. The lowest BCUT2D eigenvalue weighted by Crippen LogP contribution is -2.53. The first-order chi connectivity index (χ1) is 9.69. The average molecular weight is 297 g/mol. The number of morpholine rings is 1. The standard InChI is InChI=1S/C15H27N3O3/c1-14(2,3)13-16-12(17-21-13)8-18-7-11(9-19-6)20-15(4,5)10-18/h11H,7-10H2,1-6H3/t11-/m0/s1. The molecule has 2 rings (SSSR count). The van der Waals surface area contributed by atoms with E-state index in [-0.39, 0.29) is 17.1 Å². The SMILES string of the molecule is COC[C@@H]1CN(Cc2noc(C(C)(C)C)n2)CC(C)(C)O1. The van der Waals surface area contributed by atoms with Crippen LogP contribution < -0.4 is 0 Å². The number of hydrogen-bond donors (Lipinski definition) is 0. The molecular weight excluding hydrogens is 270 g/mol. The van der Waals surface area contributed by atoms with E-state index in [1.54, 1.807) is 7.11 Å². The van der Waals surface area contributed by atoms with E-state index in [9.17, 15) is 0 Å². The molecular formula is C15H27N3O3. The number of ether oxygens (including phenoxy) is 2. The van der Waals surface area contributed by atoms with Crippen LogP contribution in [0.15, 0.2) is 4.52 Å². The van der Waals surface area contributed by atoms with Gasteiger partial charge in [-0.2, -0.15) is 4.98 Å². The monoisotopic (exact) mass is 297 g/mol. The first kappa shape index (κ1) is 16.4. The predicted octanol–water partition coefficient (Wildman–Crippen LogP) is 1.99. The van der Waals surface area contributed by atoms with Crippen LogP contribution in [-0.4, -0.2) is 53.6 Å². The number of methoxy groups -OCH3 is 1. The first-order valence-corrected chi connectivity index (χ1v) is 7.42. The van der Waals surface area contributed by atoms with E-state index in [1.165, 1.54) is 0 Å². The van der Waals surface area contributed by atoms with Crippen molar-refractivity contribution in [3.05, 3.63) is 11.7 Å². The summed E-state index contributed by atoms with van der Waals surface area (Å²) in [5, 5.41) is 4.10. The minimum absolute atomic E-state index is 0.0766. The van der Waals surface area contributed by atoms with Gasteiger partial charge in [0.05, 0.1) is 24.9 Å². The van der Waals surface area contributed by atoms with E-state index in [4.69, 9.17) is 14.0 Å². The third-order valence-corrected chi connectivity index (χ3v) is 3.38. The lowest BCUT2D eigenvalue weighted by Gasteiger charge is -2.42. The van der Waals surface area contributed by atoms with Gasteiger partial charge in [0.2, 0.25) is 5.89 Å². The summed E-state index contributed by atoms with van der Waals surface area (Å²) in [4.78, 5) is 6.80. The molecule has 1 aromatic rings. The maximum atomic E-state index is 6.01. The molecule has 0 saturated carbocycles. The molecule has 6 nitrogen and oxygen atoms in total. The largest absolute Gasteiger partial charge is 0.382 e. The summed E-state index contributed by atoms with van der Waals surface area (Å²) < 4.78 is 16.6. The molecule has 0 radical (unpaired) electrons. The van der Waals surface area contributed by atoms with Crippen LogP contribution in [0.2, 0.25) is 0 Å². The van der Waals surface area contributed by atoms with Gasteiger partial charge in [0.1, 0.15) is 0 Å². The molecule has 0 spiro atoms. The lowest BCUT2D eigenvalue weighted by atomic mass is 9.97. The van der Waals surface area contributed by atoms with Crippen molar-refractivity contribution in [3.8, 4) is 0 Å². The van der Waals surface area contributed by atoms with E-state index in [0.29, 0.717) is 19.0 Å². The van der Waals surface area contributed by atoms with Crippen molar-refractivity contribution in [2.75, 3.05) is 26.8 Å². The zero-order valence-corrected chi connectivity index (χ0v) is 14.0. The van der Waals surface area contributed by atoms with Crippen molar-refractivity contribution in [1.29, 1.82) is 0 Å². The van der Waals surface area contributed by atoms with Crippen LogP contribution >= 0.6 is 0 Å². The molecule has 1 aromatic heterocycles. The van der Waals surface area contributed by atoms with Gasteiger partial charge in [-0.1, -0.05) is 25.9 Å². The highest BCUT2D eigenvalue weighted by Crippen LogP contribution is 2.24. The first-order valence-electron chi connectivity index (χ1n) is 7.42. The van der Waals surface area contributed by atoms with Crippen LogP contribution in [0.4, 0.5) is 0 Å². The fourth-order valence-electron chi connectivity index (χ4n) is 2.63. The van der Waals surface area contributed by atoms with Crippen molar-refractivity contribution in [2.24, 2.45) is 0 Å². The van der Waals surface area contributed by atoms with Gasteiger partial charge in [-0.15, -0.1) is 0 Å². The maximum Gasteiger partial charge on any atom is 0.232 e. The van der Waals surface area contributed by atoms with Gasteiger partial charge in [0, 0.05) is 25.6 Å². The summed E-state index contributed by atoms with van der Waals surface area (Å²) in [6, 6.07) is 0. The number of aromatic nitrogens is 2. The second-order valence-corrected chi connectivity index (χ2v) is 7.39. The van der Waals surface area contributed by atoms with Gasteiger partial charge < -0.3 is 14.0 Å². The van der Waals surface area contributed by atoms with E-state index in [2.05, 4.69) is 49.7 Å². The summed E-state index contributed by atoms with van der Waals surface area (Å²) in [6.07, 6.45) is 0.0766. The molecule has 0 unspecified atom stereocenters. The minimum Gasteiger partial charge on any atom is -0.382 e. The Morgan fingerprint density at radius 2 is 2.10 bits per heavy atom. The number of hydrogen-bond acceptors (Lipinski definition) is 6. The zero-order chi connectivity index (χ0) is 15.7. The van der Waals surface area contributed by atoms with E-state index in [1.807, 2.05) is 0 Å². The Hall–Kier alpha value is -0.980. The molecule has 6 heteroatoms. The van der Waals surface area contributed by atoms with Gasteiger partial charge in [-0.3, -0.25) is 4.90 Å². The molecule has 21 heavy (non-hydrogen) atoms. The molecule has 0 aliphatic carbocycles. The molecule has 1 atom stereocenters. The third kappa shape index (κ3) is 4.49. The highest BCUT2D eigenvalue weighted by Gasteiger charge is 2.34. The van der Waals surface area contributed by atoms with Gasteiger partial charge in [-0.05, 0) is 13.8 Å². The molecule has 0 N–H and O–H groups in total. The van der Waals surface area contributed by atoms with Gasteiger partial charge in [-0.25, -0.2) is 0 Å². The van der Waals surface area contributed by atoms with Crippen molar-refractivity contribution >= 4 is 0 Å². The Labute approximate surface area is 126 Å². The van der Waals surface area contributed by atoms with E-state index >= 15 is 0 Å². The Bertz CT molecular complexity index is 465. The number of rotatable bonds is 4. The summed E-state index contributed by atoms with van der Waals surface area (Å²) >= 11 is 0. The maximum absolute atomic E-state index is 6.01. The average Bonchev–Trinajstić information content (AvgIpc) is 2.75. The van der Waals surface area contributed by atoms with Gasteiger partial charge in [0.15, 0.2) is 5.82 Å². The topological polar surface area (TPSA) is 60.6 Å². The van der Waals surface area contributed by atoms with Gasteiger partial charge in [0.25, 0.3) is 0 Å². The molecule has 0 bridgehead atoms.